The molecule has 0 saturated carbocycles. The molecular weight excluding hydrogens is 250 g/mol. The Labute approximate surface area is 108 Å². The van der Waals surface area contributed by atoms with Gasteiger partial charge in [0.25, 0.3) is 0 Å². The number of hydrogen-bond donors (Lipinski definition) is 2. The molecule has 1 aliphatic rings. The van der Waals surface area contributed by atoms with Gasteiger partial charge in [-0.3, -0.25) is 0 Å². The van der Waals surface area contributed by atoms with E-state index >= 15 is 0 Å². The lowest BCUT2D eigenvalue weighted by Gasteiger charge is -2.19. The van der Waals surface area contributed by atoms with Crippen LogP contribution in [0.4, 0.5) is 0 Å². The average Bonchev–Trinajstić information content (AvgIpc) is 2.35. The number of nitrogens with two attached hydrogens (primary N) is 1. The smallest absolute Gasteiger partial charge is 0.178 e. The van der Waals surface area contributed by atoms with Crippen LogP contribution in [0.25, 0.3) is 0 Å². The average molecular weight is 269 g/mol. The molecule has 0 bridgehead atoms. The van der Waals surface area contributed by atoms with Gasteiger partial charge in [0.15, 0.2) is 9.84 Å². The first-order valence-corrected chi connectivity index (χ1v) is 7.92. The van der Waals surface area contributed by atoms with Crippen molar-refractivity contribution in [3.8, 4) is 0 Å². The molecule has 0 aliphatic carbocycles. The lowest BCUT2D eigenvalue weighted by molar-refractivity contribution is 0.280. The molecule has 1 unspecified atom stereocenters. The summed E-state index contributed by atoms with van der Waals surface area (Å²) in [5.41, 5.74) is 7.87. The molecule has 4 nitrogen and oxygen atoms in total. The van der Waals surface area contributed by atoms with Gasteiger partial charge >= 0.3 is 0 Å². The van der Waals surface area contributed by atoms with Gasteiger partial charge in [0, 0.05) is 12.6 Å². The summed E-state index contributed by atoms with van der Waals surface area (Å²) in [6, 6.07) is 5.25. The highest BCUT2D eigenvalue weighted by molar-refractivity contribution is 7.91. The maximum Gasteiger partial charge on any atom is 0.178 e. The van der Waals surface area contributed by atoms with E-state index in [4.69, 9.17) is 10.8 Å². The van der Waals surface area contributed by atoms with E-state index in [1.165, 1.54) is 0 Å². The van der Waals surface area contributed by atoms with Crippen LogP contribution in [-0.4, -0.2) is 25.9 Å². The number of hydrogen-bond acceptors (Lipinski definition) is 4. The van der Waals surface area contributed by atoms with E-state index in [2.05, 4.69) is 0 Å². The molecule has 18 heavy (non-hydrogen) atoms. The fourth-order valence-electron chi connectivity index (χ4n) is 2.37. The van der Waals surface area contributed by atoms with Gasteiger partial charge in [-0.2, -0.15) is 0 Å². The lowest BCUT2D eigenvalue weighted by Crippen LogP contribution is -2.18. The largest absolute Gasteiger partial charge is 0.396 e. The number of aliphatic hydroxyl groups excluding tert-OH is 1. The van der Waals surface area contributed by atoms with E-state index in [0.29, 0.717) is 24.2 Å². The van der Waals surface area contributed by atoms with E-state index in [1.54, 1.807) is 12.1 Å². The molecule has 2 rings (SSSR count). The third kappa shape index (κ3) is 2.74. The highest BCUT2D eigenvalue weighted by Crippen LogP contribution is 2.28. The number of aryl methyl sites for hydroxylation is 1. The molecule has 1 aromatic rings. The maximum atomic E-state index is 11.9. The van der Waals surface area contributed by atoms with Crippen LogP contribution >= 0.6 is 0 Å². The van der Waals surface area contributed by atoms with E-state index in [-0.39, 0.29) is 18.4 Å². The van der Waals surface area contributed by atoms with Gasteiger partial charge in [-0.25, -0.2) is 8.42 Å². The van der Waals surface area contributed by atoms with Crippen molar-refractivity contribution in [2.45, 2.75) is 36.6 Å². The fraction of sp³-hybridized carbons (Fsp3) is 0.538. The molecule has 1 aliphatic heterocycles. The molecular formula is C13H19NO3S. The van der Waals surface area contributed by atoms with Gasteiger partial charge in [0.05, 0.1) is 10.6 Å². The van der Waals surface area contributed by atoms with Crippen molar-refractivity contribution in [2.24, 2.45) is 5.73 Å². The van der Waals surface area contributed by atoms with Crippen molar-refractivity contribution >= 4 is 9.84 Å². The molecule has 0 spiro atoms. The van der Waals surface area contributed by atoms with Crippen molar-refractivity contribution in [2.75, 3.05) is 12.4 Å². The van der Waals surface area contributed by atoms with Crippen LogP contribution in [-0.2, 0) is 16.3 Å². The lowest BCUT2D eigenvalue weighted by atomic mass is 9.99. The minimum absolute atomic E-state index is 0.132. The number of fused-ring (bicyclic) bond motifs is 1. The molecule has 5 heteroatoms. The van der Waals surface area contributed by atoms with E-state index in [0.717, 1.165) is 17.5 Å². The minimum atomic E-state index is -3.08. The number of sulfone groups is 1. The molecule has 0 amide bonds. The second-order valence-electron chi connectivity index (χ2n) is 4.76. The number of rotatable bonds is 4. The Kier molecular flexibility index (Phi) is 4.04. The van der Waals surface area contributed by atoms with Crippen molar-refractivity contribution in [1.82, 2.24) is 0 Å². The Morgan fingerprint density at radius 2 is 2.17 bits per heavy atom. The zero-order chi connectivity index (χ0) is 13.2. The zero-order valence-corrected chi connectivity index (χ0v) is 11.1. The van der Waals surface area contributed by atoms with Crippen LogP contribution < -0.4 is 5.73 Å². The molecule has 1 heterocycles. The molecule has 0 radical (unpaired) electrons. The highest BCUT2D eigenvalue weighted by Gasteiger charge is 2.23. The Morgan fingerprint density at radius 3 is 2.89 bits per heavy atom. The van der Waals surface area contributed by atoms with Crippen LogP contribution in [0.5, 0.6) is 0 Å². The molecule has 1 aromatic carbocycles. The Morgan fingerprint density at radius 1 is 1.39 bits per heavy atom. The van der Waals surface area contributed by atoms with Gasteiger partial charge in [-0.15, -0.1) is 0 Å². The first-order valence-electron chi connectivity index (χ1n) is 6.26. The summed E-state index contributed by atoms with van der Waals surface area (Å²) >= 11 is 0. The SMILES string of the molecule is NC(CCCO)c1ccc2c(c1)CCCS2(=O)=O. The van der Waals surface area contributed by atoms with Gasteiger partial charge in [-0.1, -0.05) is 12.1 Å². The van der Waals surface area contributed by atoms with Crippen molar-refractivity contribution in [3.05, 3.63) is 29.3 Å². The molecule has 100 valence electrons. The normalized spacial score (nSPS) is 19.2. The Balaban J connectivity index is 2.27. The summed E-state index contributed by atoms with van der Waals surface area (Å²) in [6.45, 7) is 0.132. The van der Waals surface area contributed by atoms with E-state index in [1.807, 2.05) is 6.07 Å². The number of benzene rings is 1. The molecule has 0 aromatic heterocycles. The fourth-order valence-corrected chi connectivity index (χ4v) is 3.95. The zero-order valence-electron chi connectivity index (χ0n) is 10.3. The minimum Gasteiger partial charge on any atom is -0.396 e. The first kappa shape index (κ1) is 13.5. The number of aliphatic hydroxyl groups is 1. The van der Waals surface area contributed by atoms with E-state index < -0.39 is 9.84 Å². The van der Waals surface area contributed by atoms with Gasteiger partial charge in [0.1, 0.15) is 0 Å². The summed E-state index contributed by atoms with van der Waals surface area (Å²) < 4.78 is 23.7. The van der Waals surface area contributed by atoms with Crippen molar-refractivity contribution < 1.29 is 13.5 Å². The third-order valence-corrected chi connectivity index (χ3v) is 5.27. The molecule has 1 atom stereocenters. The first-order chi connectivity index (χ1) is 8.54. The summed E-state index contributed by atoms with van der Waals surface area (Å²) in [7, 11) is -3.08. The Hall–Kier alpha value is -0.910. The van der Waals surface area contributed by atoms with Gasteiger partial charge < -0.3 is 10.8 Å². The van der Waals surface area contributed by atoms with Crippen LogP contribution in [0.2, 0.25) is 0 Å². The van der Waals surface area contributed by atoms with Crippen LogP contribution in [0.1, 0.15) is 36.4 Å². The van der Waals surface area contributed by atoms with Crippen LogP contribution in [0.15, 0.2) is 23.1 Å². The van der Waals surface area contributed by atoms with E-state index in [9.17, 15) is 8.42 Å². The highest BCUT2D eigenvalue weighted by atomic mass is 32.2. The standard InChI is InChI=1S/C13H19NO3S/c14-12(4-1-7-15)10-5-6-13-11(9-10)3-2-8-18(13,16)17/h5-6,9,12,15H,1-4,7-8,14H2. The van der Waals surface area contributed by atoms with Crippen LogP contribution in [0.3, 0.4) is 0 Å². The second-order valence-corrected chi connectivity index (χ2v) is 6.84. The predicted molar refractivity (Wildman–Crippen MR) is 70.1 cm³/mol. The van der Waals surface area contributed by atoms with Gasteiger partial charge in [-0.05, 0) is 42.9 Å². The monoisotopic (exact) mass is 269 g/mol. The summed E-state index contributed by atoms with van der Waals surface area (Å²) in [4.78, 5) is 0.465. The van der Waals surface area contributed by atoms with Gasteiger partial charge in [0.2, 0.25) is 0 Å². The van der Waals surface area contributed by atoms with Crippen molar-refractivity contribution in [1.29, 1.82) is 0 Å². The van der Waals surface area contributed by atoms with Crippen LogP contribution in [0, 0.1) is 0 Å². The second kappa shape index (κ2) is 5.38. The molecule has 3 N–H and O–H groups in total. The maximum absolute atomic E-state index is 11.9. The summed E-state index contributed by atoms with van der Waals surface area (Å²) in [5.74, 6) is 0.246. The molecule has 0 saturated heterocycles. The predicted octanol–water partition coefficient (Wildman–Crippen LogP) is 1.18. The summed E-state index contributed by atoms with van der Waals surface area (Å²) in [6.07, 6.45) is 2.86. The topological polar surface area (TPSA) is 80.4 Å². The summed E-state index contributed by atoms with van der Waals surface area (Å²) in [5, 5.41) is 8.79. The molecule has 0 fully saturated rings. The Bertz CT molecular complexity index is 525. The van der Waals surface area contributed by atoms with Crippen molar-refractivity contribution in [3.63, 3.8) is 0 Å². The third-order valence-electron chi connectivity index (χ3n) is 3.38. The quantitative estimate of drug-likeness (QED) is 0.860.